The fourth-order valence-corrected chi connectivity index (χ4v) is 3.25. The molecule has 0 bridgehead atoms. The molecule has 0 radical (unpaired) electrons. The first-order valence-corrected chi connectivity index (χ1v) is 8.77. The van der Waals surface area contributed by atoms with Crippen molar-refractivity contribution in [3.05, 3.63) is 55.7 Å². The van der Waals surface area contributed by atoms with Crippen LogP contribution in [0.1, 0.15) is 47.4 Å². The molecule has 0 atom stereocenters. The second kappa shape index (κ2) is 7.38. The van der Waals surface area contributed by atoms with Gasteiger partial charge in [0.25, 0.3) is 0 Å². The number of carbonyl (C=O) groups is 1. The summed E-state index contributed by atoms with van der Waals surface area (Å²) in [6.07, 6.45) is 4.31. The monoisotopic (exact) mass is 425 g/mol. The van der Waals surface area contributed by atoms with Crippen molar-refractivity contribution in [2.45, 2.75) is 33.1 Å². The number of ketones is 1. The average molecular weight is 427 g/mol. The Kier molecular flexibility index (Phi) is 5.75. The van der Waals surface area contributed by atoms with Gasteiger partial charge in [-0.2, -0.15) is 0 Å². The summed E-state index contributed by atoms with van der Waals surface area (Å²) in [6.45, 7) is 4.25. The molecular weight excluding hydrogens is 410 g/mol. The van der Waals surface area contributed by atoms with Crippen LogP contribution in [0.2, 0.25) is 0 Å². The number of aryl methyl sites for hydroxylation is 1. The summed E-state index contributed by atoms with van der Waals surface area (Å²) in [5.74, 6) is 0.0716. The Morgan fingerprint density at radius 2 is 1.91 bits per heavy atom. The Morgan fingerprint density at radius 1 is 1.23 bits per heavy atom. The van der Waals surface area contributed by atoms with Gasteiger partial charge in [-0.15, -0.1) is 0 Å². The molecule has 22 heavy (non-hydrogen) atoms. The fraction of sp³-hybridized carbons (Fsp3) is 0.294. The van der Waals surface area contributed by atoms with Gasteiger partial charge in [0.1, 0.15) is 11.4 Å². The summed E-state index contributed by atoms with van der Waals surface area (Å²) in [6, 6.07) is 5.13. The van der Waals surface area contributed by atoms with Gasteiger partial charge in [0.2, 0.25) is 5.78 Å². The van der Waals surface area contributed by atoms with Crippen molar-refractivity contribution in [3.63, 3.8) is 0 Å². The normalized spacial score (nSPS) is 12.6. The number of nitrogens with zero attached hydrogens (tertiary/aromatic N) is 1. The Labute approximate surface area is 147 Å². The Bertz CT molecular complexity index is 714. The van der Waals surface area contributed by atoms with Gasteiger partial charge in [-0.05, 0) is 74.0 Å². The number of phenolic OH excluding ortho intramolecular Hbond substituents is 1. The highest BCUT2D eigenvalue weighted by atomic mass is 79.9. The number of carbonyl (C=O) groups excluding carboxylic acids is 1. The molecule has 0 saturated carbocycles. The number of hydrogen-bond acceptors (Lipinski definition) is 3. The molecule has 2 aromatic rings. The van der Waals surface area contributed by atoms with Crippen molar-refractivity contribution in [3.8, 4) is 5.75 Å². The van der Waals surface area contributed by atoms with Gasteiger partial charge < -0.3 is 5.11 Å². The highest BCUT2D eigenvalue weighted by Gasteiger charge is 2.25. The molecule has 3 nitrogen and oxygen atoms in total. The summed E-state index contributed by atoms with van der Waals surface area (Å²) in [5.41, 5.74) is 2.89. The van der Waals surface area contributed by atoms with E-state index >= 15 is 0 Å². The fourth-order valence-electron chi connectivity index (χ4n) is 2.33. The predicted octanol–water partition coefficient (Wildman–Crippen LogP) is 5.06. The molecule has 1 aromatic carbocycles. The largest absolute Gasteiger partial charge is 0.507 e. The van der Waals surface area contributed by atoms with Crippen LogP contribution in [0.4, 0.5) is 0 Å². The zero-order valence-corrected chi connectivity index (χ0v) is 15.7. The number of hydrogen-bond donors (Lipinski definition) is 1. The van der Waals surface area contributed by atoms with E-state index in [2.05, 4.69) is 50.7 Å². The van der Waals surface area contributed by atoms with E-state index < -0.39 is 0 Å². The quantitative estimate of drug-likeness (QED) is 0.640. The van der Waals surface area contributed by atoms with Crippen molar-refractivity contribution in [2.75, 3.05) is 0 Å². The maximum Gasteiger partial charge on any atom is 0.211 e. The molecule has 1 heterocycles. The van der Waals surface area contributed by atoms with Gasteiger partial charge in [0, 0.05) is 16.2 Å². The number of rotatable bonds is 0. The first-order valence-electron chi connectivity index (χ1n) is 7.19. The third kappa shape index (κ3) is 3.41. The van der Waals surface area contributed by atoms with Gasteiger partial charge in [0.05, 0.1) is 4.47 Å². The predicted molar refractivity (Wildman–Crippen MR) is 94.5 cm³/mol. The first kappa shape index (κ1) is 17.2. The van der Waals surface area contributed by atoms with E-state index in [0.29, 0.717) is 22.2 Å². The van der Waals surface area contributed by atoms with Crippen LogP contribution in [-0.4, -0.2) is 15.9 Å². The lowest BCUT2D eigenvalue weighted by Crippen LogP contribution is -2.07. The third-order valence-electron chi connectivity index (χ3n) is 3.26. The van der Waals surface area contributed by atoms with Crippen LogP contribution < -0.4 is 0 Å². The van der Waals surface area contributed by atoms with E-state index in [4.69, 9.17) is 0 Å². The molecule has 0 unspecified atom stereocenters. The van der Waals surface area contributed by atoms with Gasteiger partial charge in [-0.3, -0.25) is 9.78 Å². The minimum absolute atomic E-state index is 0.0873. The number of benzene rings is 1. The molecule has 1 aromatic heterocycles. The first-order chi connectivity index (χ1) is 10.5. The molecule has 1 aliphatic carbocycles. The second-order valence-corrected chi connectivity index (χ2v) is 6.83. The van der Waals surface area contributed by atoms with Crippen LogP contribution in [0.25, 0.3) is 0 Å². The molecule has 0 aliphatic heterocycles. The number of aromatic nitrogens is 1. The molecule has 0 saturated heterocycles. The van der Waals surface area contributed by atoms with Crippen molar-refractivity contribution < 1.29 is 9.90 Å². The summed E-state index contributed by atoms with van der Waals surface area (Å²) in [4.78, 5) is 16.8. The molecule has 5 heteroatoms. The van der Waals surface area contributed by atoms with Crippen molar-refractivity contribution in [1.29, 1.82) is 0 Å². The molecule has 3 rings (SSSR count). The maximum absolute atomic E-state index is 12.5. The summed E-state index contributed by atoms with van der Waals surface area (Å²) in [5, 5.41) is 9.73. The van der Waals surface area contributed by atoms with Gasteiger partial charge in [0.15, 0.2) is 0 Å². The van der Waals surface area contributed by atoms with Gasteiger partial charge >= 0.3 is 0 Å². The highest BCUT2D eigenvalue weighted by molar-refractivity contribution is 9.10. The SMILES string of the molecule is CCC.O=C1c2ccc(O)c(Br)c2CCc2cc(Br)cnc21. The number of halogens is 2. The topological polar surface area (TPSA) is 50.2 Å². The molecule has 0 fully saturated rings. The van der Waals surface area contributed by atoms with E-state index in [1.54, 1.807) is 12.3 Å². The van der Waals surface area contributed by atoms with Crippen LogP contribution in [0, 0.1) is 0 Å². The lowest BCUT2D eigenvalue weighted by molar-refractivity contribution is 0.103. The highest BCUT2D eigenvalue weighted by Crippen LogP contribution is 2.34. The minimum Gasteiger partial charge on any atom is -0.507 e. The van der Waals surface area contributed by atoms with E-state index in [1.807, 2.05) is 6.07 Å². The number of aromatic hydroxyl groups is 1. The molecular formula is C17H17Br2NO2. The van der Waals surface area contributed by atoms with Crippen LogP contribution in [0.5, 0.6) is 5.75 Å². The van der Waals surface area contributed by atoms with Crippen LogP contribution >= 0.6 is 31.9 Å². The van der Waals surface area contributed by atoms with Gasteiger partial charge in [-0.25, -0.2) is 0 Å². The molecule has 1 N–H and O–H groups in total. The Morgan fingerprint density at radius 3 is 2.59 bits per heavy atom. The van der Waals surface area contributed by atoms with Crippen LogP contribution in [0.15, 0.2) is 33.3 Å². The number of phenols is 1. The number of fused-ring (bicyclic) bond motifs is 2. The second-order valence-electron chi connectivity index (χ2n) is 5.12. The molecule has 1 aliphatic rings. The third-order valence-corrected chi connectivity index (χ3v) is 4.58. The van der Waals surface area contributed by atoms with Crippen molar-refractivity contribution in [2.24, 2.45) is 0 Å². The Balaban J connectivity index is 0.000000545. The van der Waals surface area contributed by atoms with E-state index in [0.717, 1.165) is 22.0 Å². The summed E-state index contributed by atoms with van der Waals surface area (Å²) in [7, 11) is 0. The summed E-state index contributed by atoms with van der Waals surface area (Å²) >= 11 is 6.73. The lowest BCUT2D eigenvalue weighted by atomic mass is 10.0. The standard InChI is InChI=1S/C14H9Br2NO2.C3H8/c15-8-5-7-1-2-9-10(3-4-11(18)12(9)16)14(19)13(7)17-6-8;1-3-2/h3-6,18H,1-2H2;3H2,1-2H3. The van der Waals surface area contributed by atoms with E-state index in [-0.39, 0.29) is 11.5 Å². The molecule has 0 amide bonds. The smallest absolute Gasteiger partial charge is 0.211 e. The van der Waals surface area contributed by atoms with Crippen molar-refractivity contribution >= 4 is 37.6 Å². The van der Waals surface area contributed by atoms with Gasteiger partial charge in [-0.1, -0.05) is 20.3 Å². The maximum atomic E-state index is 12.5. The van der Waals surface area contributed by atoms with E-state index in [1.165, 1.54) is 12.5 Å². The zero-order valence-electron chi connectivity index (χ0n) is 12.5. The van der Waals surface area contributed by atoms with Crippen LogP contribution in [0.3, 0.4) is 0 Å². The molecule has 116 valence electrons. The summed E-state index contributed by atoms with van der Waals surface area (Å²) < 4.78 is 1.47. The minimum atomic E-state index is -0.0873. The molecule has 0 spiro atoms. The van der Waals surface area contributed by atoms with E-state index in [9.17, 15) is 9.90 Å². The zero-order chi connectivity index (χ0) is 16.3. The Hall–Kier alpha value is -1.20. The number of pyridine rings is 1. The van der Waals surface area contributed by atoms with Crippen molar-refractivity contribution in [1.82, 2.24) is 4.98 Å². The lowest BCUT2D eigenvalue weighted by Gasteiger charge is -2.08. The van der Waals surface area contributed by atoms with Crippen LogP contribution in [-0.2, 0) is 12.8 Å². The average Bonchev–Trinajstić information content (AvgIpc) is 2.62.